The summed E-state index contributed by atoms with van der Waals surface area (Å²) in [5.41, 5.74) is 2.25. The highest BCUT2D eigenvalue weighted by Gasteiger charge is 2.28. The van der Waals surface area contributed by atoms with Crippen molar-refractivity contribution in [3.8, 4) is 0 Å². The fraction of sp³-hybridized carbons (Fsp3) is 0.400. The molecule has 5 heterocycles. The second-order valence-electron chi connectivity index (χ2n) is 7.31. The first-order valence-electron chi connectivity index (χ1n) is 9.62. The molecule has 0 aromatic carbocycles. The van der Waals surface area contributed by atoms with Crippen LogP contribution < -0.4 is 16.0 Å². The molecule has 8 nitrogen and oxygen atoms in total. The Balaban J connectivity index is 1.47. The summed E-state index contributed by atoms with van der Waals surface area (Å²) in [5.74, 6) is 0.665. The van der Waals surface area contributed by atoms with E-state index in [-0.39, 0.29) is 17.2 Å². The summed E-state index contributed by atoms with van der Waals surface area (Å²) < 4.78 is 8.50. The number of hydrogen-bond acceptors (Lipinski definition) is 6. The van der Waals surface area contributed by atoms with Crippen molar-refractivity contribution in [2.45, 2.75) is 38.5 Å². The SMILES string of the molecule is O=c1cc2c(nn1CC1CCCN1c1cc(=O)n3ccccc3n1)CCOC2. The van der Waals surface area contributed by atoms with E-state index in [9.17, 15) is 9.59 Å². The largest absolute Gasteiger partial charge is 0.376 e. The average molecular weight is 379 g/mol. The zero-order chi connectivity index (χ0) is 19.1. The Morgan fingerprint density at radius 2 is 2.11 bits per heavy atom. The molecule has 28 heavy (non-hydrogen) atoms. The lowest BCUT2D eigenvalue weighted by molar-refractivity contribution is 0.108. The summed E-state index contributed by atoms with van der Waals surface area (Å²) in [6.45, 7) is 2.40. The maximum Gasteiger partial charge on any atom is 0.267 e. The Hall–Kier alpha value is -3.00. The minimum Gasteiger partial charge on any atom is -0.376 e. The predicted molar refractivity (Wildman–Crippen MR) is 104 cm³/mol. The van der Waals surface area contributed by atoms with Gasteiger partial charge in [0.15, 0.2) is 0 Å². The third kappa shape index (κ3) is 2.99. The summed E-state index contributed by atoms with van der Waals surface area (Å²) in [6, 6.07) is 8.81. The van der Waals surface area contributed by atoms with Gasteiger partial charge in [-0.3, -0.25) is 14.0 Å². The van der Waals surface area contributed by atoms with Crippen molar-refractivity contribution in [1.82, 2.24) is 19.2 Å². The van der Waals surface area contributed by atoms with Crippen molar-refractivity contribution in [3.05, 3.63) is 68.5 Å². The standard InChI is InChI=1S/C20H21N5O3/c26-19-11-18(21-17-5-1-2-7-24(17)19)23-8-3-4-15(23)12-25-20(27)10-14-13-28-9-6-16(14)22-25/h1-2,5,7,10-11,15H,3-4,6,8-9,12-13H2. The van der Waals surface area contributed by atoms with E-state index < -0.39 is 0 Å². The summed E-state index contributed by atoms with van der Waals surface area (Å²) >= 11 is 0. The van der Waals surface area contributed by atoms with Gasteiger partial charge in [0, 0.05) is 36.9 Å². The van der Waals surface area contributed by atoms with E-state index >= 15 is 0 Å². The van der Waals surface area contributed by atoms with Gasteiger partial charge in [-0.25, -0.2) is 9.67 Å². The van der Waals surface area contributed by atoms with Crippen LogP contribution in [0.4, 0.5) is 5.82 Å². The van der Waals surface area contributed by atoms with E-state index in [1.54, 1.807) is 23.0 Å². The van der Waals surface area contributed by atoms with E-state index in [2.05, 4.69) is 15.0 Å². The van der Waals surface area contributed by atoms with Gasteiger partial charge in [-0.1, -0.05) is 6.07 Å². The lowest BCUT2D eigenvalue weighted by atomic mass is 10.1. The molecule has 0 aliphatic carbocycles. The highest BCUT2D eigenvalue weighted by atomic mass is 16.5. The molecule has 1 fully saturated rings. The van der Waals surface area contributed by atoms with Crippen LogP contribution in [0.3, 0.4) is 0 Å². The minimum atomic E-state index is -0.109. The van der Waals surface area contributed by atoms with Crippen molar-refractivity contribution in [3.63, 3.8) is 0 Å². The normalized spacial score (nSPS) is 19.1. The number of rotatable bonds is 3. The highest BCUT2D eigenvalue weighted by molar-refractivity contribution is 5.49. The molecule has 0 spiro atoms. The number of fused-ring (bicyclic) bond motifs is 2. The number of aromatic nitrogens is 4. The molecule has 2 aliphatic rings. The molecule has 0 saturated carbocycles. The van der Waals surface area contributed by atoms with Gasteiger partial charge in [0.1, 0.15) is 11.5 Å². The molecule has 1 unspecified atom stereocenters. The van der Waals surface area contributed by atoms with Gasteiger partial charge >= 0.3 is 0 Å². The van der Waals surface area contributed by atoms with E-state index in [0.29, 0.717) is 31.2 Å². The zero-order valence-electron chi connectivity index (χ0n) is 15.5. The molecule has 8 heteroatoms. The van der Waals surface area contributed by atoms with Gasteiger partial charge in [0.05, 0.1) is 31.5 Å². The monoisotopic (exact) mass is 379 g/mol. The molecule has 5 rings (SSSR count). The number of anilines is 1. The van der Waals surface area contributed by atoms with Crippen LogP contribution in [0.2, 0.25) is 0 Å². The van der Waals surface area contributed by atoms with Crippen LogP contribution in [0.5, 0.6) is 0 Å². The smallest absolute Gasteiger partial charge is 0.267 e. The fourth-order valence-electron chi connectivity index (χ4n) is 4.10. The lowest BCUT2D eigenvalue weighted by Gasteiger charge is -2.26. The molecule has 0 N–H and O–H groups in total. The summed E-state index contributed by atoms with van der Waals surface area (Å²) in [6.07, 6.45) is 4.38. The average Bonchev–Trinajstić information content (AvgIpc) is 3.17. The second-order valence-corrected chi connectivity index (χ2v) is 7.31. The topological polar surface area (TPSA) is 81.7 Å². The Morgan fingerprint density at radius 3 is 3.04 bits per heavy atom. The van der Waals surface area contributed by atoms with Crippen LogP contribution in [-0.2, 0) is 24.3 Å². The zero-order valence-corrected chi connectivity index (χ0v) is 15.5. The summed E-state index contributed by atoms with van der Waals surface area (Å²) in [7, 11) is 0. The van der Waals surface area contributed by atoms with Crippen molar-refractivity contribution in [1.29, 1.82) is 0 Å². The van der Waals surface area contributed by atoms with Crippen molar-refractivity contribution < 1.29 is 4.74 Å². The Morgan fingerprint density at radius 1 is 1.18 bits per heavy atom. The van der Waals surface area contributed by atoms with Crippen LogP contribution in [0.15, 0.2) is 46.1 Å². The number of nitrogens with zero attached hydrogens (tertiary/aromatic N) is 5. The molecular weight excluding hydrogens is 358 g/mol. The third-order valence-electron chi connectivity index (χ3n) is 5.52. The van der Waals surface area contributed by atoms with E-state index in [0.717, 1.165) is 37.1 Å². The third-order valence-corrected chi connectivity index (χ3v) is 5.52. The van der Waals surface area contributed by atoms with Crippen LogP contribution in [0.1, 0.15) is 24.1 Å². The molecular formula is C20H21N5O3. The molecule has 3 aromatic heterocycles. The number of ether oxygens (including phenoxy) is 1. The number of hydrogen-bond donors (Lipinski definition) is 0. The van der Waals surface area contributed by atoms with E-state index in [4.69, 9.17) is 4.74 Å². The van der Waals surface area contributed by atoms with Crippen LogP contribution in [0.25, 0.3) is 5.65 Å². The second kappa shape index (κ2) is 6.87. The molecule has 0 radical (unpaired) electrons. The van der Waals surface area contributed by atoms with Crippen molar-refractivity contribution >= 4 is 11.5 Å². The molecule has 144 valence electrons. The van der Waals surface area contributed by atoms with Crippen LogP contribution in [-0.4, -0.2) is 38.4 Å². The maximum absolute atomic E-state index is 12.5. The molecule has 1 atom stereocenters. The molecule has 0 amide bonds. The van der Waals surface area contributed by atoms with Gasteiger partial charge in [-0.15, -0.1) is 0 Å². The molecule has 1 saturated heterocycles. The first-order chi connectivity index (χ1) is 13.7. The van der Waals surface area contributed by atoms with Gasteiger partial charge in [-0.05, 0) is 25.0 Å². The quantitative estimate of drug-likeness (QED) is 0.675. The Labute approximate surface area is 161 Å². The van der Waals surface area contributed by atoms with E-state index in [1.165, 1.54) is 4.40 Å². The summed E-state index contributed by atoms with van der Waals surface area (Å²) in [5, 5.41) is 4.58. The van der Waals surface area contributed by atoms with E-state index in [1.807, 2.05) is 18.2 Å². The predicted octanol–water partition coefficient (Wildman–Crippen LogP) is 0.993. The lowest BCUT2D eigenvalue weighted by Crippen LogP contribution is -2.39. The molecule has 2 aliphatic heterocycles. The summed E-state index contributed by atoms with van der Waals surface area (Å²) in [4.78, 5) is 31.8. The van der Waals surface area contributed by atoms with Crippen molar-refractivity contribution in [2.24, 2.45) is 0 Å². The van der Waals surface area contributed by atoms with Gasteiger partial charge < -0.3 is 9.64 Å². The molecule has 3 aromatic rings. The minimum absolute atomic E-state index is 0.0844. The Kier molecular flexibility index (Phi) is 4.20. The van der Waals surface area contributed by atoms with Gasteiger partial charge in [0.25, 0.3) is 11.1 Å². The fourth-order valence-corrected chi connectivity index (χ4v) is 4.10. The highest BCUT2D eigenvalue weighted by Crippen LogP contribution is 2.24. The number of pyridine rings is 1. The first kappa shape index (κ1) is 17.1. The first-order valence-corrected chi connectivity index (χ1v) is 9.62. The molecule has 0 bridgehead atoms. The van der Waals surface area contributed by atoms with Gasteiger partial charge in [-0.2, -0.15) is 5.10 Å². The Bertz CT molecular complexity index is 1150. The van der Waals surface area contributed by atoms with Gasteiger partial charge in [0.2, 0.25) is 0 Å². The van der Waals surface area contributed by atoms with Crippen LogP contribution >= 0.6 is 0 Å². The maximum atomic E-state index is 12.5. The van der Waals surface area contributed by atoms with Crippen molar-refractivity contribution in [2.75, 3.05) is 18.1 Å². The van der Waals surface area contributed by atoms with Crippen LogP contribution in [0, 0.1) is 0 Å².